The minimum absolute atomic E-state index is 0.296. The van der Waals surface area contributed by atoms with E-state index >= 15 is 0 Å². The molecule has 3 aromatic rings. The lowest BCUT2D eigenvalue weighted by Gasteiger charge is -2.35. The van der Waals surface area contributed by atoms with Crippen molar-refractivity contribution < 1.29 is 4.74 Å². The van der Waals surface area contributed by atoms with Gasteiger partial charge >= 0.3 is 0 Å². The van der Waals surface area contributed by atoms with Gasteiger partial charge in [0.15, 0.2) is 0 Å². The molecule has 0 bridgehead atoms. The highest BCUT2D eigenvalue weighted by Crippen LogP contribution is 2.44. The molecule has 2 aliphatic rings. The summed E-state index contributed by atoms with van der Waals surface area (Å²) < 4.78 is 6.28. The van der Waals surface area contributed by atoms with Gasteiger partial charge in [0, 0.05) is 30.0 Å². The van der Waals surface area contributed by atoms with E-state index in [0.717, 1.165) is 26.1 Å². The average molecular weight is 418 g/mol. The zero-order valence-electron chi connectivity index (χ0n) is 17.6. The van der Waals surface area contributed by atoms with E-state index in [2.05, 4.69) is 77.0 Å². The Kier molecular flexibility index (Phi) is 6.03. The van der Waals surface area contributed by atoms with Gasteiger partial charge in [-0.2, -0.15) is 0 Å². The second-order valence-electron chi connectivity index (χ2n) is 8.94. The fraction of sp³-hybridized carbons (Fsp3) is 0.407. The van der Waals surface area contributed by atoms with Crippen LogP contribution in [-0.2, 0) is 17.7 Å². The van der Waals surface area contributed by atoms with Gasteiger partial charge in [-0.05, 0) is 66.8 Å². The molecule has 0 aliphatic carbocycles. The van der Waals surface area contributed by atoms with Gasteiger partial charge in [0.2, 0.25) is 0 Å². The Hall–Kier alpha value is -1.94. The van der Waals surface area contributed by atoms with Gasteiger partial charge in [-0.15, -0.1) is 11.3 Å². The van der Waals surface area contributed by atoms with Gasteiger partial charge < -0.3 is 4.74 Å². The highest BCUT2D eigenvalue weighted by molar-refractivity contribution is 7.13. The molecule has 2 aliphatic heterocycles. The van der Waals surface area contributed by atoms with Crippen molar-refractivity contribution in [3.05, 3.63) is 83.2 Å². The van der Waals surface area contributed by atoms with Crippen LogP contribution in [0.3, 0.4) is 0 Å². The molecule has 0 radical (unpaired) electrons. The number of thiophene rings is 1. The predicted octanol–water partition coefficient (Wildman–Crippen LogP) is 6.42. The first-order valence-corrected chi connectivity index (χ1v) is 12.2. The Balaban J connectivity index is 1.33. The number of hydrogen-bond acceptors (Lipinski definition) is 3. The zero-order valence-corrected chi connectivity index (χ0v) is 18.4. The second kappa shape index (κ2) is 9.05. The van der Waals surface area contributed by atoms with Crippen LogP contribution in [0.1, 0.15) is 36.8 Å². The minimum atomic E-state index is 0.296. The Labute approximate surface area is 184 Å². The number of hydrogen-bond donors (Lipinski definition) is 0. The summed E-state index contributed by atoms with van der Waals surface area (Å²) in [5.74, 6) is 0. The maximum Gasteiger partial charge on any atom is 0.0645 e. The Morgan fingerprint density at radius 2 is 1.87 bits per heavy atom. The number of likely N-dealkylation sites (tertiary alicyclic amines) is 1. The van der Waals surface area contributed by atoms with Crippen LogP contribution in [0.2, 0.25) is 0 Å². The van der Waals surface area contributed by atoms with Crippen molar-refractivity contribution in [2.45, 2.75) is 44.8 Å². The van der Waals surface area contributed by atoms with E-state index in [1.54, 1.807) is 0 Å². The standard InChI is InChI=1S/C27H31NOS/c1-2-8-22(9-3-1)14-15-27(26-13-6-18-29-26)16-17-28(21-27)20-23-10-4-5-11-24(23)25-12-7-19-30-25/h1-5,7-12,19,26H,6,13-18,20-21H2. The van der Waals surface area contributed by atoms with Crippen LogP contribution in [-0.4, -0.2) is 30.7 Å². The molecule has 5 rings (SSSR count). The maximum atomic E-state index is 6.28. The molecule has 0 amide bonds. The SMILES string of the molecule is c1ccc(CCC2(C3CCCO3)CCN(Cc3ccccc3-c3cccs3)C2)cc1. The fourth-order valence-corrected chi connectivity index (χ4v) is 6.20. The lowest BCUT2D eigenvalue weighted by molar-refractivity contribution is -0.00180. The van der Waals surface area contributed by atoms with Gasteiger partial charge in [0.25, 0.3) is 0 Å². The summed E-state index contributed by atoms with van der Waals surface area (Å²) in [6.07, 6.45) is 6.52. The predicted molar refractivity (Wildman–Crippen MR) is 126 cm³/mol. The van der Waals surface area contributed by atoms with Crippen LogP contribution in [0.25, 0.3) is 10.4 Å². The lowest BCUT2D eigenvalue weighted by atomic mass is 9.75. The van der Waals surface area contributed by atoms with E-state index in [1.165, 1.54) is 53.8 Å². The second-order valence-corrected chi connectivity index (χ2v) is 9.89. The van der Waals surface area contributed by atoms with E-state index in [4.69, 9.17) is 4.74 Å². The Morgan fingerprint density at radius 1 is 1.00 bits per heavy atom. The minimum Gasteiger partial charge on any atom is -0.378 e. The highest BCUT2D eigenvalue weighted by Gasteiger charge is 2.45. The molecule has 3 heteroatoms. The third kappa shape index (κ3) is 4.25. The molecule has 2 fully saturated rings. The van der Waals surface area contributed by atoms with Gasteiger partial charge in [0.05, 0.1) is 6.10 Å². The van der Waals surface area contributed by atoms with Crippen LogP contribution in [0.4, 0.5) is 0 Å². The molecule has 156 valence electrons. The van der Waals surface area contributed by atoms with Gasteiger partial charge in [-0.25, -0.2) is 0 Å². The Bertz CT molecular complexity index is 933. The fourth-order valence-electron chi connectivity index (χ4n) is 5.42. The molecule has 2 saturated heterocycles. The molecule has 0 N–H and O–H groups in total. The molecule has 2 nitrogen and oxygen atoms in total. The number of aryl methyl sites for hydroxylation is 1. The number of rotatable bonds is 7. The third-order valence-electron chi connectivity index (χ3n) is 7.03. The number of ether oxygens (including phenoxy) is 1. The van der Waals surface area contributed by atoms with Crippen molar-refractivity contribution in [1.82, 2.24) is 4.90 Å². The van der Waals surface area contributed by atoms with Gasteiger partial charge in [-0.3, -0.25) is 4.90 Å². The van der Waals surface area contributed by atoms with Crippen LogP contribution < -0.4 is 0 Å². The van der Waals surface area contributed by atoms with Crippen molar-refractivity contribution in [1.29, 1.82) is 0 Å². The summed E-state index contributed by atoms with van der Waals surface area (Å²) in [5, 5.41) is 2.17. The normalized spacial score (nSPS) is 24.5. The van der Waals surface area contributed by atoms with Crippen LogP contribution >= 0.6 is 11.3 Å². The van der Waals surface area contributed by atoms with E-state index < -0.39 is 0 Å². The summed E-state index contributed by atoms with van der Waals surface area (Å²) in [5.41, 5.74) is 4.60. The smallest absolute Gasteiger partial charge is 0.0645 e. The molecule has 0 saturated carbocycles. The zero-order chi connectivity index (χ0) is 20.2. The van der Waals surface area contributed by atoms with Crippen molar-refractivity contribution in [3.8, 4) is 10.4 Å². The van der Waals surface area contributed by atoms with Crippen LogP contribution in [0.15, 0.2) is 72.1 Å². The van der Waals surface area contributed by atoms with Crippen LogP contribution in [0, 0.1) is 5.41 Å². The van der Waals surface area contributed by atoms with Crippen molar-refractivity contribution >= 4 is 11.3 Å². The first-order valence-electron chi connectivity index (χ1n) is 11.3. The monoisotopic (exact) mass is 417 g/mol. The van der Waals surface area contributed by atoms with E-state index in [9.17, 15) is 0 Å². The lowest BCUT2D eigenvalue weighted by Crippen LogP contribution is -2.38. The topological polar surface area (TPSA) is 12.5 Å². The van der Waals surface area contributed by atoms with Crippen LogP contribution in [0.5, 0.6) is 0 Å². The quantitative estimate of drug-likeness (QED) is 0.440. The maximum absolute atomic E-state index is 6.28. The molecule has 1 aromatic heterocycles. The number of nitrogens with zero attached hydrogens (tertiary/aromatic N) is 1. The third-order valence-corrected chi connectivity index (χ3v) is 7.93. The van der Waals surface area contributed by atoms with E-state index in [0.29, 0.717) is 11.5 Å². The summed E-state index contributed by atoms with van der Waals surface area (Å²) in [4.78, 5) is 4.05. The average Bonchev–Trinajstić information content (AvgIpc) is 3.56. The molecule has 2 unspecified atom stereocenters. The first-order chi connectivity index (χ1) is 14.8. The summed E-state index contributed by atoms with van der Waals surface area (Å²) in [6.45, 7) is 4.31. The molecular formula is C27H31NOS. The molecule has 2 atom stereocenters. The highest BCUT2D eigenvalue weighted by atomic mass is 32.1. The number of benzene rings is 2. The van der Waals surface area contributed by atoms with Crippen molar-refractivity contribution in [3.63, 3.8) is 0 Å². The first kappa shape index (κ1) is 20.0. The largest absolute Gasteiger partial charge is 0.378 e. The van der Waals surface area contributed by atoms with Crippen molar-refractivity contribution in [2.24, 2.45) is 5.41 Å². The van der Waals surface area contributed by atoms with Crippen molar-refractivity contribution in [2.75, 3.05) is 19.7 Å². The van der Waals surface area contributed by atoms with Gasteiger partial charge in [0.1, 0.15) is 0 Å². The molecule has 3 heterocycles. The summed E-state index contributed by atoms with van der Waals surface area (Å²) in [6, 6.07) is 24.3. The summed E-state index contributed by atoms with van der Waals surface area (Å²) >= 11 is 1.84. The molecular weight excluding hydrogens is 386 g/mol. The van der Waals surface area contributed by atoms with Gasteiger partial charge in [-0.1, -0.05) is 60.7 Å². The molecule has 0 spiro atoms. The molecule has 2 aromatic carbocycles. The molecule has 30 heavy (non-hydrogen) atoms. The van der Waals surface area contributed by atoms with E-state index in [-0.39, 0.29) is 0 Å². The summed E-state index contributed by atoms with van der Waals surface area (Å²) in [7, 11) is 0. The van der Waals surface area contributed by atoms with E-state index in [1.807, 2.05) is 11.3 Å². The Morgan fingerprint density at radius 3 is 2.67 bits per heavy atom.